The lowest BCUT2D eigenvalue weighted by molar-refractivity contribution is -0.124. The number of carbonyl (C=O) groups excluding carboxylic acids is 3. The predicted molar refractivity (Wildman–Crippen MR) is 100 cm³/mol. The van der Waals surface area contributed by atoms with Gasteiger partial charge in [-0.15, -0.1) is 11.3 Å². The first kappa shape index (κ1) is 18.1. The fraction of sp³-hybridized carbons (Fsp3) is 0.250. The minimum Gasteiger partial charge on any atom is -0.511 e. The molecule has 0 aliphatic heterocycles. The number of thiophene rings is 1. The molecule has 1 saturated carbocycles. The van der Waals surface area contributed by atoms with E-state index in [0.717, 1.165) is 10.4 Å². The number of Topliss-reactive ketones (excluding diaryl/α,β-unsaturated/α-hetero) is 2. The topological polar surface area (TPSA) is 83.5 Å². The van der Waals surface area contributed by atoms with Crippen LogP contribution in [0.2, 0.25) is 0 Å². The highest BCUT2D eigenvalue weighted by Crippen LogP contribution is 2.22. The molecule has 3 rings (SSSR count). The highest BCUT2D eigenvalue weighted by Gasteiger charge is 2.26. The Hall–Kier alpha value is -2.73. The molecule has 0 spiro atoms. The first-order chi connectivity index (χ1) is 12.5. The maximum absolute atomic E-state index is 12.0. The Bertz CT molecular complexity index is 832. The Balaban J connectivity index is 1.63. The first-order valence-corrected chi connectivity index (χ1v) is 9.30. The summed E-state index contributed by atoms with van der Waals surface area (Å²) in [5.74, 6) is -0.829. The molecule has 1 heterocycles. The van der Waals surface area contributed by atoms with E-state index in [1.807, 2.05) is 17.5 Å². The van der Waals surface area contributed by atoms with Crippen molar-refractivity contribution in [1.82, 2.24) is 0 Å². The molecule has 5 nitrogen and oxygen atoms in total. The van der Waals surface area contributed by atoms with Gasteiger partial charge in [-0.2, -0.15) is 0 Å². The Morgan fingerprint density at radius 2 is 1.73 bits per heavy atom. The maximum atomic E-state index is 12.0. The molecule has 0 saturated heterocycles. The molecular formula is C20H19NO4S. The van der Waals surface area contributed by atoms with E-state index >= 15 is 0 Å². The fourth-order valence-electron chi connectivity index (χ4n) is 2.90. The number of aliphatic hydroxyl groups excluding tert-OH is 1. The largest absolute Gasteiger partial charge is 0.511 e. The zero-order valence-corrected chi connectivity index (χ0v) is 15.0. The second-order valence-electron chi connectivity index (χ2n) is 6.20. The monoisotopic (exact) mass is 369 g/mol. The molecule has 1 aromatic heterocycles. The second kappa shape index (κ2) is 8.10. The van der Waals surface area contributed by atoms with Gasteiger partial charge in [0.15, 0.2) is 11.6 Å². The Morgan fingerprint density at radius 3 is 2.35 bits per heavy atom. The number of carbonyl (C=O) groups is 3. The minimum absolute atomic E-state index is 0.0513. The van der Waals surface area contributed by atoms with Crippen LogP contribution in [0.15, 0.2) is 53.1 Å². The van der Waals surface area contributed by atoms with Gasteiger partial charge in [-0.1, -0.05) is 18.2 Å². The maximum Gasteiger partial charge on any atom is 0.229 e. The first-order valence-electron chi connectivity index (χ1n) is 8.42. The van der Waals surface area contributed by atoms with E-state index in [4.69, 9.17) is 0 Å². The van der Waals surface area contributed by atoms with Gasteiger partial charge < -0.3 is 10.4 Å². The van der Waals surface area contributed by atoms with Gasteiger partial charge in [0.2, 0.25) is 5.91 Å². The predicted octanol–water partition coefficient (Wildman–Crippen LogP) is 3.61. The normalized spacial score (nSPS) is 14.4. The molecule has 1 aliphatic rings. The number of amides is 1. The van der Waals surface area contributed by atoms with Gasteiger partial charge in [-0.25, -0.2) is 0 Å². The summed E-state index contributed by atoms with van der Waals surface area (Å²) in [7, 11) is 0. The number of benzene rings is 1. The van der Waals surface area contributed by atoms with Crippen molar-refractivity contribution in [2.24, 2.45) is 0 Å². The molecule has 1 aromatic carbocycles. The highest BCUT2D eigenvalue weighted by molar-refractivity contribution is 7.10. The average molecular weight is 369 g/mol. The van der Waals surface area contributed by atoms with E-state index in [2.05, 4.69) is 5.32 Å². The van der Waals surface area contributed by atoms with Gasteiger partial charge in [0.25, 0.3) is 0 Å². The highest BCUT2D eigenvalue weighted by atomic mass is 32.1. The van der Waals surface area contributed by atoms with Crippen LogP contribution in [-0.2, 0) is 27.2 Å². The van der Waals surface area contributed by atoms with Crippen molar-refractivity contribution in [3.63, 3.8) is 0 Å². The Morgan fingerprint density at radius 1 is 1.04 bits per heavy atom. The zero-order valence-electron chi connectivity index (χ0n) is 14.2. The van der Waals surface area contributed by atoms with Gasteiger partial charge >= 0.3 is 0 Å². The average Bonchev–Trinajstić information content (AvgIpc) is 3.09. The van der Waals surface area contributed by atoms with Crippen LogP contribution in [-0.4, -0.2) is 22.6 Å². The van der Waals surface area contributed by atoms with Crippen LogP contribution in [0.1, 0.15) is 29.7 Å². The van der Waals surface area contributed by atoms with Gasteiger partial charge in [0.05, 0.1) is 12.0 Å². The molecule has 0 atom stereocenters. The van der Waals surface area contributed by atoms with Crippen molar-refractivity contribution in [2.75, 3.05) is 5.32 Å². The lowest BCUT2D eigenvalue weighted by Crippen LogP contribution is -2.21. The number of anilines is 1. The van der Waals surface area contributed by atoms with Crippen molar-refractivity contribution in [3.8, 4) is 0 Å². The number of ketones is 2. The molecule has 26 heavy (non-hydrogen) atoms. The van der Waals surface area contributed by atoms with Crippen LogP contribution in [0, 0.1) is 0 Å². The molecule has 0 radical (unpaired) electrons. The molecule has 1 amide bonds. The van der Waals surface area contributed by atoms with Crippen molar-refractivity contribution in [3.05, 3.63) is 63.6 Å². The number of nitrogens with one attached hydrogen (secondary N) is 1. The summed E-state index contributed by atoms with van der Waals surface area (Å²) in [6, 6.07) is 10.8. The smallest absolute Gasteiger partial charge is 0.229 e. The van der Waals surface area contributed by atoms with E-state index in [1.165, 1.54) is 11.3 Å². The molecule has 6 heteroatoms. The summed E-state index contributed by atoms with van der Waals surface area (Å²) < 4.78 is 0. The van der Waals surface area contributed by atoms with E-state index < -0.39 is 0 Å². The molecule has 2 N–H and O–H groups in total. The van der Waals surface area contributed by atoms with Gasteiger partial charge in [-0.3, -0.25) is 14.4 Å². The van der Waals surface area contributed by atoms with Crippen LogP contribution in [0.4, 0.5) is 5.69 Å². The third-order valence-electron chi connectivity index (χ3n) is 4.18. The molecule has 0 bridgehead atoms. The van der Waals surface area contributed by atoms with E-state index in [1.54, 1.807) is 24.3 Å². The lowest BCUT2D eigenvalue weighted by Gasteiger charge is -2.14. The SMILES string of the molecule is O=C(Cc1cccs1)Nc1ccc(CC(O)=C2C(=O)CCCC2=O)cc1. The zero-order chi connectivity index (χ0) is 18.5. The summed E-state index contributed by atoms with van der Waals surface area (Å²) in [6.45, 7) is 0. The van der Waals surface area contributed by atoms with E-state index in [9.17, 15) is 19.5 Å². The summed E-state index contributed by atoms with van der Waals surface area (Å²) in [5, 5.41) is 14.9. The summed E-state index contributed by atoms with van der Waals surface area (Å²) in [4.78, 5) is 36.7. The number of rotatable bonds is 5. The molecule has 2 aromatic rings. The number of aliphatic hydroxyl groups is 1. The second-order valence-corrected chi connectivity index (χ2v) is 7.23. The summed E-state index contributed by atoms with van der Waals surface area (Å²) in [5.41, 5.74) is 1.37. The van der Waals surface area contributed by atoms with Gasteiger partial charge in [0.1, 0.15) is 5.76 Å². The quantitative estimate of drug-likeness (QED) is 0.479. The number of hydrogen-bond acceptors (Lipinski definition) is 5. The van der Waals surface area contributed by atoms with E-state index in [-0.39, 0.29) is 35.2 Å². The van der Waals surface area contributed by atoms with Crippen LogP contribution < -0.4 is 5.32 Å². The van der Waals surface area contributed by atoms with Crippen molar-refractivity contribution < 1.29 is 19.5 Å². The third-order valence-corrected chi connectivity index (χ3v) is 5.05. The summed E-state index contributed by atoms with van der Waals surface area (Å²) >= 11 is 1.54. The molecular weight excluding hydrogens is 350 g/mol. The van der Waals surface area contributed by atoms with Crippen molar-refractivity contribution in [1.29, 1.82) is 0 Å². The van der Waals surface area contributed by atoms with Gasteiger partial charge in [0, 0.05) is 29.8 Å². The van der Waals surface area contributed by atoms with Crippen molar-refractivity contribution in [2.45, 2.75) is 32.1 Å². The van der Waals surface area contributed by atoms with Gasteiger partial charge in [-0.05, 0) is 35.6 Å². The number of hydrogen-bond donors (Lipinski definition) is 2. The Labute approximate surface area is 155 Å². The standard InChI is InChI=1S/C20H19NO4S/c22-16-4-1-5-17(23)20(16)18(24)11-13-6-8-14(9-7-13)21-19(25)12-15-3-2-10-26-15/h2-3,6-10,24H,1,4-5,11-12H2,(H,21,25). The minimum atomic E-state index is -0.281. The molecule has 134 valence electrons. The third kappa shape index (κ3) is 4.46. The van der Waals surface area contributed by atoms with Crippen molar-refractivity contribution >= 4 is 34.5 Å². The molecule has 0 unspecified atom stereocenters. The van der Waals surface area contributed by atoms with Crippen LogP contribution in [0.5, 0.6) is 0 Å². The molecule has 1 aliphatic carbocycles. The summed E-state index contributed by atoms with van der Waals surface area (Å²) in [6.07, 6.45) is 1.61. The van der Waals surface area contributed by atoms with Crippen LogP contribution in [0.3, 0.4) is 0 Å². The number of allylic oxidation sites excluding steroid dienone is 2. The van der Waals surface area contributed by atoms with E-state index in [0.29, 0.717) is 31.4 Å². The molecule has 1 fully saturated rings. The Kier molecular flexibility index (Phi) is 5.63. The fourth-order valence-corrected chi connectivity index (χ4v) is 3.60. The van der Waals surface area contributed by atoms with Crippen LogP contribution >= 0.6 is 11.3 Å². The van der Waals surface area contributed by atoms with Crippen LogP contribution in [0.25, 0.3) is 0 Å². The lowest BCUT2D eigenvalue weighted by atomic mass is 9.90.